The summed E-state index contributed by atoms with van der Waals surface area (Å²) < 4.78 is 34.5. The van der Waals surface area contributed by atoms with Crippen molar-refractivity contribution in [2.45, 2.75) is 4.90 Å². The van der Waals surface area contributed by atoms with Crippen molar-refractivity contribution in [3.63, 3.8) is 0 Å². The molecule has 0 amide bonds. The SMILES string of the molecule is COc1ccc(OC)c(C=NNS(=O)(=O)c2ccc(Cl)cc2)c1. The quantitative estimate of drug-likeness (QED) is 0.639. The van der Waals surface area contributed by atoms with Gasteiger partial charge in [0.2, 0.25) is 0 Å². The summed E-state index contributed by atoms with van der Waals surface area (Å²) in [6, 6.07) is 10.9. The summed E-state index contributed by atoms with van der Waals surface area (Å²) in [7, 11) is -0.716. The molecule has 0 fully saturated rings. The molecule has 8 heteroatoms. The Kier molecular flexibility index (Phi) is 5.46. The van der Waals surface area contributed by atoms with Gasteiger partial charge in [-0.15, -0.1) is 0 Å². The Morgan fingerprint density at radius 3 is 2.39 bits per heavy atom. The number of methoxy groups -OCH3 is 2. The van der Waals surface area contributed by atoms with E-state index in [0.29, 0.717) is 22.1 Å². The van der Waals surface area contributed by atoms with Crippen molar-refractivity contribution in [2.24, 2.45) is 5.10 Å². The van der Waals surface area contributed by atoms with Gasteiger partial charge in [0.05, 0.1) is 25.3 Å². The third kappa shape index (κ3) is 4.37. The number of ether oxygens (including phenoxy) is 2. The molecule has 6 nitrogen and oxygen atoms in total. The lowest BCUT2D eigenvalue weighted by Crippen LogP contribution is -2.18. The topological polar surface area (TPSA) is 77.0 Å². The van der Waals surface area contributed by atoms with Gasteiger partial charge in [0.15, 0.2) is 0 Å². The third-order valence-electron chi connectivity index (χ3n) is 2.94. The molecule has 0 spiro atoms. The summed E-state index contributed by atoms with van der Waals surface area (Å²) in [5.41, 5.74) is 0.575. The smallest absolute Gasteiger partial charge is 0.276 e. The van der Waals surface area contributed by atoms with E-state index < -0.39 is 10.0 Å². The Bertz CT molecular complexity index is 805. The first-order valence-corrected chi connectivity index (χ1v) is 8.35. The van der Waals surface area contributed by atoms with Crippen molar-refractivity contribution in [3.05, 3.63) is 53.1 Å². The van der Waals surface area contributed by atoms with E-state index in [0.717, 1.165) is 0 Å². The fraction of sp³-hybridized carbons (Fsp3) is 0.133. The molecule has 122 valence electrons. The average Bonchev–Trinajstić information content (AvgIpc) is 2.55. The largest absolute Gasteiger partial charge is 0.497 e. The number of sulfonamides is 1. The second-order valence-electron chi connectivity index (χ2n) is 4.41. The number of benzene rings is 2. The molecule has 0 radical (unpaired) electrons. The Hall–Kier alpha value is -2.25. The van der Waals surface area contributed by atoms with Crippen LogP contribution in [0.15, 0.2) is 52.5 Å². The van der Waals surface area contributed by atoms with E-state index in [1.807, 2.05) is 0 Å². The average molecular weight is 355 g/mol. The van der Waals surface area contributed by atoms with Gasteiger partial charge in [0.1, 0.15) is 11.5 Å². The molecule has 0 aliphatic heterocycles. The van der Waals surface area contributed by atoms with Crippen molar-refractivity contribution in [3.8, 4) is 11.5 Å². The van der Waals surface area contributed by atoms with Gasteiger partial charge in [-0.25, -0.2) is 4.83 Å². The normalized spacial score (nSPS) is 11.4. The fourth-order valence-electron chi connectivity index (χ4n) is 1.77. The lowest BCUT2D eigenvalue weighted by molar-refractivity contribution is 0.402. The van der Waals surface area contributed by atoms with Gasteiger partial charge < -0.3 is 9.47 Å². The maximum absolute atomic E-state index is 12.1. The van der Waals surface area contributed by atoms with Crippen molar-refractivity contribution in [2.75, 3.05) is 14.2 Å². The Morgan fingerprint density at radius 1 is 1.09 bits per heavy atom. The lowest BCUT2D eigenvalue weighted by Gasteiger charge is -2.07. The van der Waals surface area contributed by atoms with E-state index in [1.165, 1.54) is 44.7 Å². The molecule has 1 N–H and O–H groups in total. The van der Waals surface area contributed by atoms with Crippen molar-refractivity contribution in [1.82, 2.24) is 4.83 Å². The van der Waals surface area contributed by atoms with Crippen LogP contribution in [0.5, 0.6) is 11.5 Å². The minimum Gasteiger partial charge on any atom is -0.497 e. The summed E-state index contributed by atoms with van der Waals surface area (Å²) in [6.07, 6.45) is 1.34. The summed E-state index contributed by atoms with van der Waals surface area (Å²) in [6.45, 7) is 0. The van der Waals surface area contributed by atoms with Gasteiger partial charge in [-0.2, -0.15) is 13.5 Å². The molecule has 0 atom stereocenters. The molecule has 0 bridgehead atoms. The second-order valence-corrected chi connectivity index (χ2v) is 6.51. The van der Waals surface area contributed by atoms with Gasteiger partial charge in [0, 0.05) is 10.6 Å². The van der Waals surface area contributed by atoms with Crippen LogP contribution in [0.25, 0.3) is 0 Å². The van der Waals surface area contributed by atoms with Crippen molar-refractivity contribution < 1.29 is 17.9 Å². The molecular weight excluding hydrogens is 340 g/mol. The lowest BCUT2D eigenvalue weighted by atomic mass is 10.2. The minimum atomic E-state index is -3.76. The van der Waals surface area contributed by atoms with Gasteiger partial charge >= 0.3 is 0 Å². The van der Waals surface area contributed by atoms with Crippen molar-refractivity contribution in [1.29, 1.82) is 0 Å². The van der Waals surface area contributed by atoms with Gasteiger partial charge in [-0.05, 0) is 42.5 Å². The van der Waals surface area contributed by atoms with Gasteiger partial charge in [-0.3, -0.25) is 0 Å². The van der Waals surface area contributed by atoms with Gasteiger partial charge in [0.25, 0.3) is 10.0 Å². The summed E-state index contributed by atoms with van der Waals surface area (Å²) in [5.74, 6) is 1.15. The van der Waals surface area contributed by atoms with Crippen LogP contribution in [0, 0.1) is 0 Å². The molecule has 2 rings (SSSR count). The zero-order valence-corrected chi connectivity index (χ0v) is 14.1. The molecule has 0 aliphatic rings. The molecule has 0 aromatic heterocycles. The maximum Gasteiger partial charge on any atom is 0.276 e. The van der Waals surface area contributed by atoms with E-state index in [9.17, 15) is 8.42 Å². The molecule has 23 heavy (non-hydrogen) atoms. The van der Waals surface area contributed by atoms with E-state index >= 15 is 0 Å². The van der Waals surface area contributed by atoms with Crippen LogP contribution in [0.2, 0.25) is 5.02 Å². The number of rotatable bonds is 6. The number of hydrazone groups is 1. The van der Waals surface area contributed by atoms with E-state index in [2.05, 4.69) is 9.93 Å². The van der Waals surface area contributed by atoms with Crippen LogP contribution in [0.4, 0.5) is 0 Å². The van der Waals surface area contributed by atoms with Gasteiger partial charge in [-0.1, -0.05) is 11.6 Å². The monoisotopic (exact) mass is 354 g/mol. The standard InChI is InChI=1S/C15H15ClN2O4S/c1-21-13-5-8-15(22-2)11(9-13)10-17-18-23(19,20)14-6-3-12(16)4-7-14/h3-10,18H,1-2H3. The Balaban J connectivity index is 2.19. The summed E-state index contributed by atoms with van der Waals surface area (Å²) in [5, 5.41) is 4.22. The zero-order valence-electron chi connectivity index (χ0n) is 12.5. The molecule has 0 heterocycles. The number of nitrogens with zero attached hydrogens (tertiary/aromatic N) is 1. The number of nitrogens with one attached hydrogen (secondary N) is 1. The Labute approximate surface area is 139 Å². The predicted octanol–water partition coefficient (Wildman–Crippen LogP) is 2.67. The highest BCUT2D eigenvalue weighted by Gasteiger charge is 2.12. The van der Waals surface area contributed by atoms with Crippen LogP contribution in [-0.2, 0) is 10.0 Å². The van der Waals surface area contributed by atoms with Crippen molar-refractivity contribution >= 4 is 27.8 Å². The third-order valence-corrected chi connectivity index (χ3v) is 4.43. The maximum atomic E-state index is 12.1. The summed E-state index contributed by atoms with van der Waals surface area (Å²) in [4.78, 5) is 2.20. The number of hydrogen-bond acceptors (Lipinski definition) is 5. The van der Waals surface area contributed by atoms with Crippen LogP contribution in [0.3, 0.4) is 0 Å². The van der Waals surface area contributed by atoms with E-state index in [-0.39, 0.29) is 4.90 Å². The molecule has 0 unspecified atom stereocenters. The number of halogens is 1. The molecule has 0 saturated carbocycles. The molecule has 2 aromatic carbocycles. The highest BCUT2D eigenvalue weighted by atomic mass is 35.5. The van der Waals surface area contributed by atoms with Crippen LogP contribution in [-0.4, -0.2) is 28.9 Å². The molecular formula is C15H15ClN2O4S. The predicted molar refractivity (Wildman–Crippen MR) is 88.9 cm³/mol. The minimum absolute atomic E-state index is 0.0663. The highest BCUT2D eigenvalue weighted by Crippen LogP contribution is 2.22. The Morgan fingerprint density at radius 2 is 1.78 bits per heavy atom. The zero-order chi connectivity index (χ0) is 16.9. The molecule has 0 aliphatic carbocycles. The van der Waals surface area contributed by atoms with Crippen LogP contribution >= 0.6 is 11.6 Å². The fourth-order valence-corrected chi connectivity index (χ4v) is 2.69. The number of hydrogen-bond donors (Lipinski definition) is 1. The second kappa shape index (κ2) is 7.34. The molecule has 2 aromatic rings. The highest BCUT2D eigenvalue weighted by molar-refractivity contribution is 7.89. The first-order chi connectivity index (χ1) is 11.0. The van der Waals surface area contributed by atoms with Crippen LogP contribution < -0.4 is 14.3 Å². The van der Waals surface area contributed by atoms with E-state index in [1.54, 1.807) is 18.2 Å². The first kappa shape index (κ1) is 17.1. The van der Waals surface area contributed by atoms with Crippen LogP contribution in [0.1, 0.15) is 5.56 Å². The van der Waals surface area contributed by atoms with E-state index in [4.69, 9.17) is 21.1 Å². The summed E-state index contributed by atoms with van der Waals surface area (Å²) >= 11 is 5.74. The molecule has 0 saturated heterocycles. The first-order valence-electron chi connectivity index (χ1n) is 6.49.